The lowest BCUT2D eigenvalue weighted by molar-refractivity contribution is 0.301. The van der Waals surface area contributed by atoms with E-state index in [1.54, 1.807) is 6.20 Å². The highest BCUT2D eigenvalue weighted by Crippen LogP contribution is 2.24. The summed E-state index contributed by atoms with van der Waals surface area (Å²) >= 11 is 9.26. The van der Waals surface area contributed by atoms with Gasteiger partial charge in [-0.1, -0.05) is 22.0 Å². The molecule has 0 aliphatic heterocycles. The van der Waals surface area contributed by atoms with Crippen LogP contribution in [0, 0.1) is 0 Å². The molecule has 0 saturated heterocycles. The second-order valence-electron chi connectivity index (χ2n) is 3.50. The van der Waals surface area contributed by atoms with Crippen molar-refractivity contribution in [2.45, 2.75) is 12.5 Å². The molecule has 0 atom stereocenters. The summed E-state index contributed by atoms with van der Waals surface area (Å²) in [4.78, 5) is 4.19. The summed E-state index contributed by atoms with van der Waals surface area (Å²) in [6.45, 7) is 0.462. The highest BCUT2D eigenvalue weighted by atomic mass is 79.9. The van der Waals surface area contributed by atoms with Gasteiger partial charge in [-0.05, 0) is 35.9 Å². The smallest absolute Gasteiger partial charge is 0.130 e. The van der Waals surface area contributed by atoms with Gasteiger partial charge in [0.05, 0.1) is 5.69 Å². The lowest BCUT2D eigenvalue weighted by Gasteiger charge is -2.08. The maximum Gasteiger partial charge on any atom is 0.130 e. The number of hydrogen-bond donors (Lipinski definition) is 0. The van der Waals surface area contributed by atoms with Crippen molar-refractivity contribution < 1.29 is 4.74 Å². The summed E-state index contributed by atoms with van der Waals surface area (Å²) in [5, 5.41) is 0. The Hall–Kier alpha value is -1.06. The van der Waals surface area contributed by atoms with Gasteiger partial charge in [-0.2, -0.15) is 0 Å². The lowest BCUT2D eigenvalue weighted by atomic mass is 10.2. The van der Waals surface area contributed by atoms with Crippen molar-refractivity contribution in [3.63, 3.8) is 0 Å². The molecule has 88 valence electrons. The van der Waals surface area contributed by atoms with E-state index in [1.165, 1.54) is 0 Å². The van der Waals surface area contributed by atoms with Crippen molar-refractivity contribution in [1.82, 2.24) is 4.98 Å². The van der Waals surface area contributed by atoms with Crippen LogP contribution < -0.4 is 4.74 Å². The van der Waals surface area contributed by atoms with Crippen LogP contribution in [-0.2, 0) is 12.5 Å². The zero-order valence-corrected chi connectivity index (χ0v) is 11.4. The molecule has 4 heteroatoms. The van der Waals surface area contributed by atoms with Crippen LogP contribution in [0.1, 0.15) is 11.3 Å². The summed E-state index contributed by atoms with van der Waals surface area (Å²) in [6.07, 6.45) is 1.75. The van der Waals surface area contributed by atoms with Gasteiger partial charge in [0.1, 0.15) is 12.4 Å². The van der Waals surface area contributed by atoms with Crippen molar-refractivity contribution in [2.24, 2.45) is 0 Å². The topological polar surface area (TPSA) is 22.1 Å². The first-order valence-corrected chi connectivity index (χ1v) is 6.49. The molecule has 0 fully saturated rings. The average molecular weight is 313 g/mol. The molecule has 17 heavy (non-hydrogen) atoms. The Bertz CT molecular complexity index is 490. The molecular formula is C13H11BrClNO. The van der Waals surface area contributed by atoms with Crippen LogP contribution in [0.4, 0.5) is 0 Å². The Kier molecular flexibility index (Phi) is 4.40. The molecule has 0 amide bonds. The normalized spacial score (nSPS) is 10.2. The minimum Gasteiger partial charge on any atom is -0.487 e. The SMILES string of the molecule is ClCc1cc(OCc2ccccn2)ccc1Br. The molecule has 0 aliphatic rings. The first-order valence-electron chi connectivity index (χ1n) is 5.16. The molecule has 1 heterocycles. The Morgan fingerprint density at radius 1 is 1.24 bits per heavy atom. The summed E-state index contributed by atoms with van der Waals surface area (Å²) in [5.41, 5.74) is 1.92. The highest BCUT2D eigenvalue weighted by Gasteiger charge is 2.02. The Morgan fingerprint density at radius 3 is 2.82 bits per heavy atom. The number of benzene rings is 1. The number of rotatable bonds is 4. The van der Waals surface area contributed by atoms with Crippen LogP contribution in [0.5, 0.6) is 5.75 Å². The van der Waals surface area contributed by atoms with Gasteiger partial charge in [0.15, 0.2) is 0 Å². The van der Waals surface area contributed by atoms with Gasteiger partial charge in [0.25, 0.3) is 0 Å². The largest absolute Gasteiger partial charge is 0.487 e. The third kappa shape index (κ3) is 3.45. The van der Waals surface area contributed by atoms with E-state index in [0.29, 0.717) is 12.5 Å². The lowest BCUT2D eigenvalue weighted by Crippen LogP contribution is -1.98. The Labute approximate surface area is 114 Å². The fourth-order valence-corrected chi connectivity index (χ4v) is 2.15. The zero-order chi connectivity index (χ0) is 12.1. The number of hydrogen-bond acceptors (Lipinski definition) is 2. The molecular weight excluding hydrogens is 302 g/mol. The number of aromatic nitrogens is 1. The predicted molar refractivity (Wildman–Crippen MR) is 72.3 cm³/mol. The summed E-state index contributed by atoms with van der Waals surface area (Å²) in [7, 11) is 0. The van der Waals surface area contributed by atoms with Crippen LogP contribution in [0.3, 0.4) is 0 Å². The molecule has 2 rings (SSSR count). The summed E-state index contributed by atoms with van der Waals surface area (Å²) in [5.74, 6) is 1.26. The van der Waals surface area contributed by atoms with E-state index in [1.807, 2.05) is 36.4 Å². The molecule has 1 aromatic carbocycles. The molecule has 2 nitrogen and oxygen atoms in total. The summed E-state index contributed by atoms with van der Waals surface area (Å²) in [6, 6.07) is 11.5. The highest BCUT2D eigenvalue weighted by molar-refractivity contribution is 9.10. The van der Waals surface area contributed by atoms with E-state index in [2.05, 4.69) is 20.9 Å². The van der Waals surface area contributed by atoms with Crippen molar-refractivity contribution in [1.29, 1.82) is 0 Å². The molecule has 0 saturated carbocycles. The van der Waals surface area contributed by atoms with Crippen LogP contribution in [0.15, 0.2) is 47.1 Å². The van der Waals surface area contributed by atoms with Crippen molar-refractivity contribution in [3.8, 4) is 5.75 Å². The van der Waals surface area contributed by atoms with E-state index >= 15 is 0 Å². The summed E-state index contributed by atoms with van der Waals surface area (Å²) < 4.78 is 6.65. The molecule has 0 aliphatic carbocycles. The Balaban J connectivity index is 2.04. The first kappa shape index (κ1) is 12.4. The number of ether oxygens (including phenoxy) is 1. The minimum atomic E-state index is 0.460. The predicted octanol–water partition coefficient (Wildman–Crippen LogP) is 4.16. The van der Waals surface area contributed by atoms with E-state index in [-0.39, 0.29) is 0 Å². The molecule has 0 unspecified atom stereocenters. The third-order valence-corrected chi connectivity index (χ3v) is 3.34. The van der Waals surface area contributed by atoms with Crippen LogP contribution in [0.2, 0.25) is 0 Å². The van der Waals surface area contributed by atoms with Gasteiger partial charge in [0.2, 0.25) is 0 Å². The van der Waals surface area contributed by atoms with Gasteiger partial charge in [0, 0.05) is 16.5 Å². The second kappa shape index (κ2) is 6.03. The maximum atomic E-state index is 5.82. The van der Waals surface area contributed by atoms with Crippen LogP contribution >= 0.6 is 27.5 Å². The maximum absolute atomic E-state index is 5.82. The van der Waals surface area contributed by atoms with E-state index < -0.39 is 0 Å². The molecule has 1 aromatic heterocycles. The second-order valence-corrected chi connectivity index (χ2v) is 4.62. The van der Waals surface area contributed by atoms with Crippen molar-refractivity contribution in [2.75, 3.05) is 0 Å². The first-order chi connectivity index (χ1) is 8.29. The minimum absolute atomic E-state index is 0.460. The zero-order valence-electron chi connectivity index (χ0n) is 9.07. The van der Waals surface area contributed by atoms with Gasteiger partial charge in [-0.15, -0.1) is 11.6 Å². The van der Waals surface area contributed by atoms with Gasteiger partial charge >= 0.3 is 0 Å². The monoisotopic (exact) mass is 311 g/mol. The van der Waals surface area contributed by atoms with E-state index in [9.17, 15) is 0 Å². The molecule has 0 N–H and O–H groups in total. The molecule has 0 spiro atoms. The molecule has 0 radical (unpaired) electrons. The fraction of sp³-hybridized carbons (Fsp3) is 0.154. The fourth-order valence-electron chi connectivity index (χ4n) is 1.38. The van der Waals surface area contributed by atoms with Gasteiger partial charge in [-0.3, -0.25) is 4.98 Å². The van der Waals surface area contributed by atoms with E-state index in [4.69, 9.17) is 16.3 Å². The van der Waals surface area contributed by atoms with Gasteiger partial charge in [-0.25, -0.2) is 0 Å². The van der Waals surface area contributed by atoms with Crippen molar-refractivity contribution >= 4 is 27.5 Å². The van der Waals surface area contributed by atoms with Crippen LogP contribution in [-0.4, -0.2) is 4.98 Å². The standard InChI is InChI=1S/C13H11BrClNO/c14-13-5-4-12(7-10(13)8-15)17-9-11-3-1-2-6-16-11/h1-7H,8-9H2. The molecule has 0 bridgehead atoms. The number of alkyl halides is 1. The third-order valence-electron chi connectivity index (χ3n) is 2.27. The molecule has 2 aromatic rings. The van der Waals surface area contributed by atoms with Crippen molar-refractivity contribution in [3.05, 3.63) is 58.3 Å². The average Bonchev–Trinajstić information content (AvgIpc) is 2.39. The quantitative estimate of drug-likeness (QED) is 0.791. The van der Waals surface area contributed by atoms with E-state index in [0.717, 1.165) is 21.5 Å². The number of nitrogens with zero attached hydrogens (tertiary/aromatic N) is 1. The van der Waals surface area contributed by atoms with Crippen LogP contribution in [0.25, 0.3) is 0 Å². The van der Waals surface area contributed by atoms with Gasteiger partial charge < -0.3 is 4.74 Å². The number of pyridine rings is 1. The Morgan fingerprint density at radius 2 is 2.12 bits per heavy atom. The number of halogens is 2.